The van der Waals surface area contributed by atoms with Crippen molar-refractivity contribution in [1.29, 1.82) is 0 Å². The van der Waals surface area contributed by atoms with Crippen molar-refractivity contribution in [3.05, 3.63) is 0 Å². The average Bonchev–Trinajstić information content (AvgIpc) is 2.49. The molecule has 0 radical (unpaired) electrons. The van der Waals surface area contributed by atoms with Gasteiger partial charge in [-0.1, -0.05) is 22.9 Å². The van der Waals surface area contributed by atoms with Gasteiger partial charge >= 0.3 is 5.97 Å². The van der Waals surface area contributed by atoms with Gasteiger partial charge < -0.3 is 9.64 Å². The number of ether oxygens (including phenoxy) is 1. The number of nitrogens with zero attached hydrogens (tertiary/aromatic N) is 1. The van der Waals surface area contributed by atoms with E-state index >= 15 is 0 Å². The van der Waals surface area contributed by atoms with Crippen LogP contribution in [0.1, 0.15) is 13.3 Å². The van der Waals surface area contributed by atoms with Crippen molar-refractivity contribution in [1.82, 2.24) is 4.90 Å². The van der Waals surface area contributed by atoms with Crippen LogP contribution >= 0.6 is 15.9 Å². The van der Waals surface area contributed by atoms with Crippen LogP contribution in [-0.2, 0) is 9.53 Å². The van der Waals surface area contributed by atoms with E-state index in [1.807, 2.05) is 0 Å². The van der Waals surface area contributed by atoms with Crippen LogP contribution in [0.4, 0.5) is 0 Å². The third kappa shape index (κ3) is 3.27. The zero-order chi connectivity index (χ0) is 9.84. The molecule has 1 fully saturated rings. The van der Waals surface area contributed by atoms with Gasteiger partial charge in [0.05, 0.1) is 7.11 Å². The predicted molar refractivity (Wildman–Crippen MR) is 55.0 cm³/mol. The van der Waals surface area contributed by atoms with Crippen molar-refractivity contribution in [2.24, 2.45) is 5.92 Å². The first-order chi connectivity index (χ1) is 6.13. The van der Waals surface area contributed by atoms with Gasteiger partial charge in [-0.25, -0.2) is 0 Å². The minimum Gasteiger partial charge on any atom is -0.468 e. The molecule has 76 valence electrons. The Hall–Kier alpha value is -0.0900. The zero-order valence-corrected chi connectivity index (χ0v) is 9.71. The third-order valence-corrected chi connectivity index (χ3v) is 3.05. The largest absolute Gasteiger partial charge is 0.468 e. The first-order valence-electron chi connectivity index (χ1n) is 4.57. The van der Waals surface area contributed by atoms with Crippen LogP contribution in [0.25, 0.3) is 0 Å². The van der Waals surface area contributed by atoms with Crippen molar-refractivity contribution in [2.75, 3.05) is 26.7 Å². The summed E-state index contributed by atoms with van der Waals surface area (Å²) in [5.41, 5.74) is 0. The Bertz CT molecular complexity index is 186. The molecule has 0 aromatic heterocycles. The second kappa shape index (κ2) is 4.96. The molecule has 0 amide bonds. The fourth-order valence-corrected chi connectivity index (χ4v) is 2.22. The van der Waals surface area contributed by atoms with E-state index in [1.54, 1.807) is 0 Å². The number of rotatable bonds is 3. The summed E-state index contributed by atoms with van der Waals surface area (Å²) in [6.07, 6.45) is 1.24. The van der Waals surface area contributed by atoms with Crippen LogP contribution in [-0.4, -0.2) is 42.4 Å². The predicted octanol–water partition coefficient (Wildman–Crippen LogP) is 1.26. The molecule has 1 aliphatic heterocycles. The van der Waals surface area contributed by atoms with E-state index < -0.39 is 0 Å². The van der Waals surface area contributed by atoms with Gasteiger partial charge in [0.2, 0.25) is 0 Å². The highest BCUT2D eigenvalue weighted by Crippen LogP contribution is 2.16. The minimum atomic E-state index is -0.181. The average molecular weight is 250 g/mol. The van der Waals surface area contributed by atoms with Crippen LogP contribution < -0.4 is 0 Å². The Balaban J connectivity index is 2.28. The molecule has 1 saturated heterocycles. The molecule has 0 N–H and O–H groups in total. The summed E-state index contributed by atoms with van der Waals surface area (Å²) >= 11 is 3.32. The summed E-state index contributed by atoms with van der Waals surface area (Å²) in [6.45, 7) is 5.19. The molecule has 0 aromatic carbocycles. The molecule has 0 aromatic rings. The van der Waals surface area contributed by atoms with Crippen LogP contribution in [0, 0.1) is 5.92 Å². The number of methoxy groups -OCH3 is 1. The molecule has 0 bridgehead atoms. The topological polar surface area (TPSA) is 29.5 Å². The highest BCUT2D eigenvalue weighted by Gasteiger charge is 2.24. The maximum atomic E-state index is 11.1. The van der Waals surface area contributed by atoms with Gasteiger partial charge in [0, 0.05) is 13.1 Å². The number of halogens is 1. The smallest absolute Gasteiger partial charge is 0.320 e. The number of carbonyl (C=O) groups excluding carboxylic acids is 1. The fourth-order valence-electron chi connectivity index (χ4n) is 1.62. The number of alkyl halides is 1. The maximum Gasteiger partial charge on any atom is 0.320 e. The Morgan fingerprint density at radius 3 is 2.92 bits per heavy atom. The molecular formula is C9H16BrNO2. The van der Waals surface area contributed by atoms with Gasteiger partial charge in [-0.15, -0.1) is 0 Å². The fraction of sp³-hybridized carbons (Fsp3) is 0.889. The summed E-state index contributed by atoms with van der Waals surface area (Å²) in [4.78, 5) is 13.2. The quantitative estimate of drug-likeness (QED) is 0.558. The zero-order valence-electron chi connectivity index (χ0n) is 8.12. The van der Waals surface area contributed by atoms with E-state index in [2.05, 4.69) is 32.5 Å². The molecule has 0 aliphatic carbocycles. The number of likely N-dealkylation sites (tertiary alicyclic amines) is 1. The molecule has 4 heteroatoms. The molecule has 1 rings (SSSR count). The van der Waals surface area contributed by atoms with Crippen molar-refractivity contribution in [2.45, 2.75) is 18.2 Å². The van der Waals surface area contributed by atoms with Crippen LogP contribution in [0.3, 0.4) is 0 Å². The minimum absolute atomic E-state index is 0.178. The van der Waals surface area contributed by atoms with Crippen LogP contribution in [0.15, 0.2) is 0 Å². The molecule has 13 heavy (non-hydrogen) atoms. The van der Waals surface area contributed by atoms with Crippen molar-refractivity contribution in [3.63, 3.8) is 0 Å². The molecule has 3 nitrogen and oxygen atoms in total. The molecule has 2 unspecified atom stereocenters. The Labute approximate surface area is 87.6 Å². The summed E-state index contributed by atoms with van der Waals surface area (Å²) in [5.74, 6) is 0.580. The molecule has 0 spiro atoms. The molecule has 2 atom stereocenters. The molecule has 0 saturated carbocycles. The summed E-state index contributed by atoms with van der Waals surface area (Å²) in [6, 6.07) is 0. The van der Waals surface area contributed by atoms with Gasteiger partial charge in [0.15, 0.2) is 0 Å². The first kappa shape index (κ1) is 11.0. The maximum absolute atomic E-state index is 11.1. The standard InChI is InChI=1S/C9H16BrNO2/c1-7-3-4-11(5-7)6-8(10)9(12)13-2/h7-8H,3-6H2,1-2H3. The number of carbonyl (C=O) groups is 1. The lowest BCUT2D eigenvalue weighted by Crippen LogP contribution is -2.32. The highest BCUT2D eigenvalue weighted by molar-refractivity contribution is 9.10. The van der Waals surface area contributed by atoms with Gasteiger partial charge in [-0.05, 0) is 18.9 Å². The van der Waals surface area contributed by atoms with E-state index in [-0.39, 0.29) is 10.8 Å². The molecule has 1 heterocycles. The summed E-state index contributed by atoms with van der Waals surface area (Å²) < 4.78 is 4.64. The first-order valence-corrected chi connectivity index (χ1v) is 5.49. The number of hydrogen-bond acceptors (Lipinski definition) is 3. The number of esters is 1. The van der Waals surface area contributed by atoms with Crippen molar-refractivity contribution < 1.29 is 9.53 Å². The Morgan fingerprint density at radius 1 is 1.77 bits per heavy atom. The second-order valence-electron chi connectivity index (χ2n) is 3.64. The summed E-state index contributed by atoms with van der Waals surface area (Å²) in [5, 5.41) is 0. The third-order valence-electron chi connectivity index (χ3n) is 2.38. The van der Waals surface area contributed by atoms with Gasteiger partial charge in [-0.2, -0.15) is 0 Å². The highest BCUT2D eigenvalue weighted by atomic mass is 79.9. The van der Waals surface area contributed by atoms with Crippen molar-refractivity contribution >= 4 is 21.9 Å². The lowest BCUT2D eigenvalue weighted by Gasteiger charge is -2.17. The monoisotopic (exact) mass is 249 g/mol. The lowest BCUT2D eigenvalue weighted by atomic mass is 10.2. The van der Waals surface area contributed by atoms with Gasteiger partial charge in [0.1, 0.15) is 4.83 Å². The number of hydrogen-bond donors (Lipinski definition) is 0. The SMILES string of the molecule is COC(=O)C(Br)CN1CCC(C)C1. The lowest BCUT2D eigenvalue weighted by molar-refractivity contribution is -0.140. The van der Waals surface area contributed by atoms with Crippen LogP contribution in [0.2, 0.25) is 0 Å². The Morgan fingerprint density at radius 2 is 2.46 bits per heavy atom. The van der Waals surface area contributed by atoms with E-state index in [4.69, 9.17) is 0 Å². The van der Waals surface area contributed by atoms with Crippen LogP contribution in [0.5, 0.6) is 0 Å². The Kier molecular flexibility index (Phi) is 4.19. The van der Waals surface area contributed by atoms with E-state index in [0.717, 1.165) is 25.6 Å². The van der Waals surface area contributed by atoms with E-state index in [9.17, 15) is 4.79 Å². The van der Waals surface area contributed by atoms with E-state index in [0.29, 0.717) is 0 Å². The van der Waals surface area contributed by atoms with Crippen molar-refractivity contribution in [3.8, 4) is 0 Å². The molecular weight excluding hydrogens is 234 g/mol. The van der Waals surface area contributed by atoms with E-state index in [1.165, 1.54) is 13.5 Å². The molecule has 1 aliphatic rings. The summed E-state index contributed by atoms with van der Waals surface area (Å²) in [7, 11) is 1.42. The normalized spacial score (nSPS) is 25.9. The second-order valence-corrected chi connectivity index (χ2v) is 4.75. The van der Waals surface area contributed by atoms with Gasteiger partial charge in [0.25, 0.3) is 0 Å². The van der Waals surface area contributed by atoms with Gasteiger partial charge in [-0.3, -0.25) is 4.79 Å².